The van der Waals surface area contributed by atoms with Crippen LogP contribution in [-0.4, -0.2) is 43.3 Å². The molecule has 0 radical (unpaired) electrons. The van der Waals surface area contributed by atoms with Crippen molar-refractivity contribution >= 4 is 5.97 Å². The molecule has 0 aromatic heterocycles. The molecule has 2 aliphatic rings. The summed E-state index contributed by atoms with van der Waals surface area (Å²) in [4.78, 5) is 14.7. The van der Waals surface area contributed by atoms with E-state index in [0.29, 0.717) is 18.1 Å². The minimum atomic E-state index is -0.228. The highest BCUT2D eigenvalue weighted by Gasteiger charge is 2.25. The Kier molecular flexibility index (Phi) is 5.68. The van der Waals surface area contributed by atoms with Crippen LogP contribution in [0.4, 0.5) is 0 Å². The third-order valence-electron chi connectivity index (χ3n) is 4.97. The summed E-state index contributed by atoms with van der Waals surface area (Å²) in [5.74, 6) is 0.103. The molecule has 0 N–H and O–H groups in total. The standard InChI is InChI=1S/C19H27NO3/c1-15(18-9-12-22-14-18)23-19(21)17-7-5-16(6-8-17)13-20-10-3-2-4-11-20/h5-8,15,18H,2-4,9-14H2,1H3/t15-,18+/m0/s1. The first-order valence-corrected chi connectivity index (χ1v) is 8.82. The average Bonchev–Trinajstić information content (AvgIpc) is 3.11. The summed E-state index contributed by atoms with van der Waals surface area (Å²) in [7, 11) is 0. The van der Waals surface area contributed by atoms with Crippen LogP contribution in [0.5, 0.6) is 0 Å². The molecule has 0 unspecified atom stereocenters. The molecule has 126 valence electrons. The second kappa shape index (κ2) is 7.93. The van der Waals surface area contributed by atoms with Crippen molar-refractivity contribution in [3.05, 3.63) is 35.4 Å². The molecule has 0 saturated carbocycles. The second-order valence-electron chi connectivity index (χ2n) is 6.77. The fraction of sp³-hybridized carbons (Fsp3) is 0.632. The number of carbonyl (C=O) groups is 1. The molecule has 0 aliphatic carbocycles. The van der Waals surface area contributed by atoms with E-state index in [1.165, 1.54) is 37.9 Å². The van der Waals surface area contributed by atoms with Gasteiger partial charge < -0.3 is 9.47 Å². The highest BCUT2D eigenvalue weighted by Crippen LogP contribution is 2.20. The number of piperidine rings is 1. The summed E-state index contributed by atoms with van der Waals surface area (Å²) in [6.07, 6.45) is 4.84. The third kappa shape index (κ3) is 4.55. The zero-order chi connectivity index (χ0) is 16.1. The Labute approximate surface area is 138 Å². The fourth-order valence-corrected chi connectivity index (χ4v) is 3.38. The lowest BCUT2D eigenvalue weighted by Gasteiger charge is -2.26. The zero-order valence-corrected chi connectivity index (χ0v) is 14.0. The summed E-state index contributed by atoms with van der Waals surface area (Å²) >= 11 is 0. The van der Waals surface area contributed by atoms with Crippen molar-refractivity contribution in [3.63, 3.8) is 0 Å². The highest BCUT2D eigenvalue weighted by atomic mass is 16.5. The first-order valence-electron chi connectivity index (χ1n) is 8.82. The minimum Gasteiger partial charge on any atom is -0.459 e. The van der Waals surface area contributed by atoms with Gasteiger partial charge in [-0.1, -0.05) is 18.6 Å². The van der Waals surface area contributed by atoms with Crippen molar-refractivity contribution in [2.45, 2.75) is 45.3 Å². The van der Waals surface area contributed by atoms with Gasteiger partial charge in [0.25, 0.3) is 0 Å². The van der Waals surface area contributed by atoms with Crippen molar-refractivity contribution in [2.75, 3.05) is 26.3 Å². The number of ether oxygens (including phenoxy) is 2. The summed E-state index contributed by atoms with van der Waals surface area (Å²) in [5.41, 5.74) is 1.90. The van der Waals surface area contributed by atoms with Gasteiger partial charge in [-0.25, -0.2) is 4.79 Å². The predicted octanol–water partition coefficient (Wildman–Crippen LogP) is 3.25. The zero-order valence-electron chi connectivity index (χ0n) is 14.0. The van der Waals surface area contributed by atoms with Gasteiger partial charge in [0, 0.05) is 19.1 Å². The van der Waals surface area contributed by atoms with E-state index in [2.05, 4.69) is 17.0 Å². The molecule has 2 heterocycles. The molecule has 23 heavy (non-hydrogen) atoms. The van der Waals surface area contributed by atoms with Gasteiger partial charge in [0.1, 0.15) is 6.10 Å². The molecule has 0 bridgehead atoms. The van der Waals surface area contributed by atoms with Crippen molar-refractivity contribution < 1.29 is 14.3 Å². The summed E-state index contributed by atoms with van der Waals surface area (Å²) in [6, 6.07) is 7.88. The maximum Gasteiger partial charge on any atom is 0.338 e. The Hall–Kier alpha value is -1.39. The molecule has 1 aromatic rings. The van der Waals surface area contributed by atoms with Crippen LogP contribution < -0.4 is 0 Å². The number of likely N-dealkylation sites (tertiary alicyclic amines) is 1. The normalized spacial score (nSPS) is 23.6. The van der Waals surface area contributed by atoms with E-state index in [0.717, 1.165) is 19.6 Å². The van der Waals surface area contributed by atoms with E-state index >= 15 is 0 Å². The molecule has 0 amide bonds. The number of esters is 1. The third-order valence-corrected chi connectivity index (χ3v) is 4.97. The van der Waals surface area contributed by atoms with E-state index in [4.69, 9.17) is 9.47 Å². The molecular weight excluding hydrogens is 290 g/mol. The van der Waals surface area contributed by atoms with Gasteiger partial charge in [-0.2, -0.15) is 0 Å². The predicted molar refractivity (Wildman–Crippen MR) is 89.4 cm³/mol. The molecule has 4 nitrogen and oxygen atoms in total. The van der Waals surface area contributed by atoms with Crippen molar-refractivity contribution in [2.24, 2.45) is 5.92 Å². The first-order chi connectivity index (χ1) is 11.2. The lowest BCUT2D eigenvalue weighted by Crippen LogP contribution is -2.29. The smallest absolute Gasteiger partial charge is 0.338 e. The van der Waals surface area contributed by atoms with Crippen LogP contribution in [0, 0.1) is 5.92 Å². The molecule has 3 rings (SSSR count). The van der Waals surface area contributed by atoms with Crippen LogP contribution in [0.1, 0.15) is 48.5 Å². The summed E-state index contributed by atoms with van der Waals surface area (Å²) in [6.45, 7) is 6.78. The van der Waals surface area contributed by atoms with E-state index in [-0.39, 0.29) is 12.1 Å². The monoisotopic (exact) mass is 317 g/mol. The fourth-order valence-electron chi connectivity index (χ4n) is 3.38. The number of benzene rings is 1. The molecule has 4 heteroatoms. The van der Waals surface area contributed by atoms with Gasteiger partial charge >= 0.3 is 5.97 Å². The lowest BCUT2D eigenvalue weighted by molar-refractivity contribution is 0.0180. The molecule has 2 aliphatic heterocycles. The maximum atomic E-state index is 12.2. The van der Waals surface area contributed by atoms with Gasteiger partial charge in [0.15, 0.2) is 0 Å². The van der Waals surface area contributed by atoms with Gasteiger partial charge in [0.05, 0.1) is 12.2 Å². The second-order valence-corrected chi connectivity index (χ2v) is 6.77. The van der Waals surface area contributed by atoms with Crippen LogP contribution in [0.15, 0.2) is 24.3 Å². The van der Waals surface area contributed by atoms with Crippen molar-refractivity contribution in [1.29, 1.82) is 0 Å². The highest BCUT2D eigenvalue weighted by molar-refractivity contribution is 5.89. The Bertz CT molecular complexity index is 502. The summed E-state index contributed by atoms with van der Waals surface area (Å²) in [5, 5.41) is 0. The topological polar surface area (TPSA) is 38.8 Å². The largest absolute Gasteiger partial charge is 0.459 e. The first kappa shape index (κ1) is 16.5. The SMILES string of the molecule is C[C@H](OC(=O)c1ccc(CN2CCCCC2)cc1)[C@@H]1CCOC1. The number of nitrogens with zero attached hydrogens (tertiary/aromatic N) is 1. The molecular formula is C19H27NO3. The number of carbonyl (C=O) groups excluding carboxylic acids is 1. The quantitative estimate of drug-likeness (QED) is 0.782. The van der Waals surface area contributed by atoms with E-state index < -0.39 is 0 Å². The Morgan fingerprint density at radius 2 is 2.00 bits per heavy atom. The van der Waals surface area contributed by atoms with Gasteiger partial charge in [-0.05, 0) is 57.0 Å². The molecule has 2 fully saturated rings. The van der Waals surface area contributed by atoms with Crippen LogP contribution in [0.3, 0.4) is 0 Å². The lowest BCUT2D eigenvalue weighted by atomic mass is 10.0. The number of hydrogen-bond donors (Lipinski definition) is 0. The van der Waals surface area contributed by atoms with Crippen LogP contribution in [-0.2, 0) is 16.0 Å². The van der Waals surface area contributed by atoms with Crippen molar-refractivity contribution in [1.82, 2.24) is 4.90 Å². The molecule has 1 aromatic carbocycles. The Morgan fingerprint density at radius 3 is 2.65 bits per heavy atom. The number of hydrogen-bond acceptors (Lipinski definition) is 4. The Balaban J connectivity index is 1.52. The van der Waals surface area contributed by atoms with Crippen molar-refractivity contribution in [3.8, 4) is 0 Å². The number of rotatable bonds is 5. The minimum absolute atomic E-state index is 0.0852. The maximum absolute atomic E-state index is 12.2. The van der Waals surface area contributed by atoms with Gasteiger partial charge in [0.2, 0.25) is 0 Å². The van der Waals surface area contributed by atoms with Crippen LogP contribution in [0.25, 0.3) is 0 Å². The van der Waals surface area contributed by atoms with Gasteiger partial charge in [-0.15, -0.1) is 0 Å². The van der Waals surface area contributed by atoms with E-state index in [1.54, 1.807) is 0 Å². The Morgan fingerprint density at radius 1 is 1.26 bits per heavy atom. The average molecular weight is 317 g/mol. The van der Waals surface area contributed by atoms with E-state index in [1.807, 2.05) is 19.1 Å². The summed E-state index contributed by atoms with van der Waals surface area (Å²) < 4.78 is 10.9. The molecule has 2 saturated heterocycles. The van der Waals surface area contributed by atoms with Gasteiger partial charge in [-0.3, -0.25) is 4.90 Å². The van der Waals surface area contributed by atoms with E-state index in [9.17, 15) is 4.79 Å². The van der Waals surface area contributed by atoms with Crippen LogP contribution >= 0.6 is 0 Å². The molecule has 2 atom stereocenters. The molecule has 0 spiro atoms. The van der Waals surface area contributed by atoms with Crippen LogP contribution in [0.2, 0.25) is 0 Å².